The fourth-order valence-electron chi connectivity index (χ4n) is 3.90. The third kappa shape index (κ3) is 2.44. The van der Waals surface area contributed by atoms with Gasteiger partial charge in [-0.15, -0.1) is 0 Å². The number of rotatable bonds is 2. The number of likely N-dealkylation sites (tertiary alicyclic amines) is 1. The molecule has 1 spiro atoms. The topological polar surface area (TPSA) is 47.7 Å². The number of hydrogen-bond donors (Lipinski definition) is 1. The fraction of sp³-hybridized carbons (Fsp3) is 1.00. The maximum Gasteiger partial charge on any atom is 0.0951 e. The van der Waals surface area contributed by atoms with E-state index in [1.54, 1.807) is 0 Å². The van der Waals surface area contributed by atoms with E-state index < -0.39 is 0 Å². The van der Waals surface area contributed by atoms with Crippen LogP contribution in [0.4, 0.5) is 0 Å². The van der Waals surface area contributed by atoms with Crippen molar-refractivity contribution in [2.24, 2.45) is 5.73 Å². The lowest BCUT2D eigenvalue weighted by molar-refractivity contribution is -0.113. The van der Waals surface area contributed by atoms with Gasteiger partial charge in [-0.2, -0.15) is 0 Å². The van der Waals surface area contributed by atoms with Crippen molar-refractivity contribution in [1.82, 2.24) is 4.90 Å². The lowest BCUT2D eigenvalue weighted by Crippen LogP contribution is -2.55. The molecule has 0 radical (unpaired) electrons. The smallest absolute Gasteiger partial charge is 0.0951 e. The molecule has 3 fully saturated rings. The van der Waals surface area contributed by atoms with Crippen LogP contribution >= 0.6 is 0 Å². The van der Waals surface area contributed by atoms with Crippen LogP contribution < -0.4 is 5.73 Å². The lowest BCUT2D eigenvalue weighted by Gasteiger charge is -2.46. The summed E-state index contributed by atoms with van der Waals surface area (Å²) in [5, 5.41) is 0. The molecular formula is C14H26N2O2. The molecule has 3 aliphatic rings. The molecule has 4 nitrogen and oxygen atoms in total. The summed E-state index contributed by atoms with van der Waals surface area (Å²) in [7, 11) is 0. The van der Waals surface area contributed by atoms with E-state index >= 15 is 0 Å². The van der Waals surface area contributed by atoms with Gasteiger partial charge >= 0.3 is 0 Å². The first-order chi connectivity index (χ1) is 8.83. The second kappa shape index (κ2) is 5.45. The van der Waals surface area contributed by atoms with E-state index in [1.165, 1.54) is 25.8 Å². The minimum absolute atomic E-state index is 0.0273. The van der Waals surface area contributed by atoms with Crippen LogP contribution in [0, 0.1) is 0 Å². The second-order valence-corrected chi connectivity index (χ2v) is 6.10. The number of ether oxygens (including phenoxy) is 2. The van der Waals surface area contributed by atoms with Gasteiger partial charge in [-0.05, 0) is 32.2 Å². The van der Waals surface area contributed by atoms with Crippen molar-refractivity contribution < 1.29 is 9.47 Å². The maximum absolute atomic E-state index is 6.03. The van der Waals surface area contributed by atoms with Crippen LogP contribution in [0.2, 0.25) is 0 Å². The molecule has 0 aromatic rings. The molecule has 3 rings (SSSR count). The normalized spacial score (nSPS) is 42.5. The number of nitrogens with two attached hydrogens (primary N) is 1. The minimum atomic E-state index is 0.0273. The highest BCUT2D eigenvalue weighted by atomic mass is 16.6. The molecule has 4 heteroatoms. The lowest BCUT2D eigenvalue weighted by atomic mass is 9.86. The third-order valence-corrected chi connectivity index (χ3v) is 4.95. The average molecular weight is 254 g/mol. The highest BCUT2D eigenvalue weighted by Crippen LogP contribution is 2.36. The van der Waals surface area contributed by atoms with Crippen molar-refractivity contribution in [3.8, 4) is 0 Å². The van der Waals surface area contributed by atoms with Crippen molar-refractivity contribution in [2.75, 3.05) is 32.9 Å². The van der Waals surface area contributed by atoms with E-state index in [-0.39, 0.29) is 5.60 Å². The van der Waals surface area contributed by atoms with Gasteiger partial charge in [0.15, 0.2) is 0 Å². The van der Waals surface area contributed by atoms with Gasteiger partial charge in [0.25, 0.3) is 0 Å². The van der Waals surface area contributed by atoms with Crippen molar-refractivity contribution >= 4 is 0 Å². The molecule has 3 unspecified atom stereocenters. The SMILES string of the molecule is NCC1CCCCN1C1CCOC2(CCOC2)C1. The van der Waals surface area contributed by atoms with E-state index in [1.807, 2.05) is 0 Å². The standard InChI is InChI=1S/C14H26N2O2/c15-10-13-3-1-2-6-16(13)12-4-7-18-14(9-12)5-8-17-11-14/h12-13H,1-11,15H2. The first kappa shape index (κ1) is 12.9. The van der Waals surface area contributed by atoms with Gasteiger partial charge in [0.2, 0.25) is 0 Å². The zero-order chi connectivity index (χ0) is 12.4. The summed E-state index contributed by atoms with van der Waals surface area (Å²) in [6.45, 7) is 4.59. The van der Waals surface area contributed by atoms with Gasteiger partial charge in [-0.25, -0.2) is 0 Å². The van der Waals surface area contributed by atoms with E-state index in [2.05, 4.69) is 4.90 Å². The van der Waals surface area contributed by atoms with Gasteiger partial charge in [0, 0.05) is 38.3 Å². The predicted octanol–water partition coefficient (Wildman–Crippen LogP) is 1.14. The van der Waals surface area contributed by atoms with Crippen LogP contribution in [0.15, 0.2) is 0 Å². The average Bonchev–Trinajstić information content (AvgIpc) is 2.86. The monoisotopic (exact) mass is 254 g/mol. The summed E-state index contributed by atoms with van der Waals surface area (Å²) in [4.78, 5) is 2.67. The minimum Gasteiger partial charge on any atom is -0.378 e. The van der Waals surface area contributed by atoms with Gasteiger partial charge in [-0.3, -0.25) is 4.90 Å². The molecule has 104 valence electrons. The van der Waals surface area contributed by atoms with Crippen molar-refractivity contribution in [3.05, 3.63) is 0 Å². The summed E-state index contributed by atoms with van der Waals surface area (Å²) >= 11 is 0. The Bertz CT molecular complexity index is 279. The summed E-state index contributed by atoms with van der Waals surface area (Å²) in [6.07, 6.45) is 7.33. The van der Waals surface area contributed by atoms with Gasteiger partial charge in [0.05, 0.1) is 12.2 Å². The molecule has 0 bridgehead atoms. The largest absolute Gasteiger partial charge is 0.378 e. The summed E-state index contributed by atoms with van der Waals surface area (Å²) in [5.41, 5.74) is 5.97. The van der Waals surface area contributed by atoms with Gasteiger partial charge in [-0.1, -0.05) is 6.42 Å². The van der Waals surface area contributed by atoms with Crippen molar-refractivity contribution in [2.45, 2.75) is 56.2 Å². The molecule has 0 aromatic carbocycles. The molecule has 3 saturated heterocycles. The molecule has 0 aromatic heterocycles. The molecule has 3 atom stereocenters. The van der Waals surface area contributed by atoms with Crippen LogP contribution in [0.1, 0.15) is 38.5 Å². The van der Waals surface area contributed by atoms with Gasteiger partial charge < -0.3 is 15.2 Å². The Morgan fingerprint density at radius 1 is 1.22 bits per heavy atom. The molecule has 0 amide bonds. The van der Waals surface area contributed by atoms with Crippen LogP contribution in [-0.4, -0.2) is 55.5 Å². The highest BCUT2D eigenvalue weighted by molar-refractivity contribution is 4.95. The fourth-order valence-corrected chi connectivity index (χ4v) is 3.90. The number of hydrogen-bond acceptors (Lipinski definition) is 4. The maximum atomic E-state index is 6.03. The Balaban J connectivity index is 1.67. The molecule has 0 saturated carbocycles. The first-order valence-electron chi connectivity index (χ1n) is 7.50. The van der Waals surface area contributed by atoms with Crippen LogP contribution in [-0.2, 0) is 9.47 Å². The van der Waals surface area contributed by atoms with E-state index in [0.29, 0.717) is 12.1 Å². The van der Waals surface area contributed by atoms with E-state index in [4.69, 9.17) is 15.2 Å². The quantitative estimate of drug-likeness (QED) is 0.803. The Hall–Kier alpha value is -0.160. The van der Waals surface area contributed by atoms with E-state index in [9.17, 15) is 0 Å². The van der Waals surface area contributed by atoms with E-state index in [0.717, 1.165) is 45.6 Å². The number of piperidine rings is 1. The first-order valence-corrected chi connectivity index (χ1v) is 7.50. The third-order valence-electron chi connectivity index (χ3n) is 4.95. The van der Waals surface area contributed by atoms with Gasteiger partial charge in [0.1, 0.15) is 0 Å². The van der Waals surface area contributed by atoms with Crippen molar-refractivity contribution in [3.63, 3.8) is 0 Å². The van der Waals surface area contributed by atoms with Crippen LogP contribution in [0.25, 0.3) is 0 Å². The number of nitrogens with zero attached hydrogens (tertiary/aromatic N) is 1. The molecule has 18 heavy (non-hydrogen) atoms. The second-order valence-electron chi connectivity index (χ2n) is 6.10. The molecule has 2 N–H and O–H groups in total. The molecule has 0 aliphatic carbocycles. The molecule has 3 heterocycles. The summed E-state index contributed by atoms with van der Waals surface area (Å²) < 4.78 is 11.6. The Morgan fingerprint density at radius 2 is 2.17 bits per heavy atom. The van der Waals surface area contributed by atoms with Crippen LogP contribution in [0.3, 0.4) is 0 Å². The summed E-state index contributed by atoms with van der Waals surface area (Å²) in [6, 6.07) is 1.26. The van der Waals surface area contributed by atoms with Crippen molar-refractivity contribution in [1.29, 1.82) is 0 Å². The highest BCUT2D eigenvalue weighted by Gasteiger charge is 2.43. The zero-order valence-electron chi connectivity index (χ0n) is 11.3. The Morgan fingerprint density at radius 3 is 2.94 bits per heavy atom. The summed E-state index contributed by atoms with van der Waals surface area (Å²) in [5.74, 6) is 0. The Labute approximate surface area is 110 Å². The molecular weight excluding hydrogens is 228 g/mol. The Kier molecular flexibility index (Phi) is 3.89. The molecule has 3 aliphatic heterocycles. The predicted molar refractivity (Wildman–Crippen MR) is 70.5 cm³/mol. The zero-order valence-corrected chi connectivity index (χ0v) is 11.3. The van der Waals surface area contributed by atoms with Crippen LogP contribution in [0.5, 0.6) is 0 Å².